The molecule has 0 aliphatic carbocycles. The smallest absolute Gasteiger partial charge is 0.289 e. The highest BCUT2D eigenvalue weighted by atomic mass is 16.2. The first-order valence-electron chi connectivity index (χ1n) is 9.13. The number of nitrogens with one attached hydrogen (secondary N) is 1. The topological polar surface area (TPSA) is 97.9 Å². The number of hydrogen-bond acceptors (Lipinski definition) is 5. The van der Waals surface area contributed by atoms with Crippen molar-refractivity contribution >= 4 is 11.8 Å². The lowest BCUT2D eigenvalue weighted by molar-refractivity contribution is -0.129. The molecule has 1 N–H and O–H groups in total. The fraction of sp³-hybridized carbons (Fsp3) is 0.588. The van der Waals surface area contributed by atoms with E-state index in [0.717, 1.165) is 62.5 Å². The lowest BCUT2D eigenvalue weighted by Crippen LogP contribution is -2.28. The molecule has 0 bridgehead atoms. The van der Waals surface area contributed by atoms with Crippen molar-refractivity contribution in [1.82, 2.24) is 34.8 Å². The third-order valence-corrected chi connectivity index (χ3v) is 5.00. The lowest BCUT2D eigenvalue weighted by Gasteiger charge is -2.17. The number of carbonyl (C=O) groups is 2. The normalized spacial score (nSPS) is 16.6. The van der Waals surface area contributed by atoms with E-state index in [0.29, 0.717) is 18.9 Å². The Morgan fingerprint density at radius 3 is 2.88 bits per heavy atom. The molecule has 0 atom stereocenters. The van der Waals surface area contributed by atoms with Crippen LogP contribution in [0.1, 0.15) is 54.0 Å². The summed E-state index contributed by atoms with van der Waals surface area (Å²) in [5.74, 6) is 1.12. The number of hydrogen-bond donors (Lipinski definition) is 1. The molecule has 9 heteroatoms. The Bertz CT molecular complexity index is 838. The van der Waals surface area contributed by atoms with Crippen LogP contribution in [0.15, 0.2) is 6.07 Å². The van der Waals surface area contributed by atoms with Gasteiger partial charge in [0, 0.05) is 33.0 Å². The van der Waals surface area contributed by atoms with E-state index in [1.807, 2.05) is 20.2 Å². The summed E-state index contributed by atoms with van der Waals surface area (Å²) in [6, 6.07) is 1.96. The fourth-order valence-electron chi connectivity index (χ4n) is 3.60. The molecule has 0 fully saturated rings. The molecule has 9 nitrogen and oxygen atoms in total. The average molecular weight is 357 g/mol. The predicted molar refractivity (Wildman–Crippen MR) is 92.1 cm³/mol. The van der Waals surface area contributed by atoms with E-state index in [1.54, 1.807) is 6.92 Å². The molecule has 2 aliphatic heterocycles. The zero-order valence-corrected chi connectivity index (χ0v) is 14.9. The Hall–Kier alpha value is -2.71. The number of carbonyl (C=O) groups excluding carboxylic acids is 2. The van der Waals surface area contributed by atoms with Crippen LogP contribution < -0.4 is 5.32 Å². The zero-order valence-electron chi connectivity index (χ0n) is 14.9. The summed E-state index contributed by atoms with van der Waals surface area (Å²) in [5, 5.41) is 15.6. The molecule has 2 aliphatic rings. The van der Waals surface area contributed by atoms with Crippen molar-refractivity contribution in [1.29, 1.82) is 0 Å². The molecule has 4 heterocycles. The van der Waals surface area contributed by atoms with Crippen molar-refractivity contribution in [3.05, 3.63) is 29.1 Å². The van der Waals surface area contributed by atoms with Crippen LogP contribution in [-0.2, 0) is 37.4 Å². The monoisotopic (exact) mass is 357 g/mol. The molecule has 0 spiro atoms. The number of nitrogens with zero attached hydrogens (tertiary/aromatic N) is 6. The highest BCUT2D eigenvalue weighted by molar-refractivity contribution is 5.90. The van der Waals surface area contributed by atoms with Gasteiger partial charge in [-0.3, -0.25) is 14.3 Å². The van der Waals surface area contributed by atoms with E-state index in [1.165, 1.54) is 0 Å². The van der Waals surface area contributed by atoms with Crippen LogP contribution in [0.4, 0.5) is 0 Å². The van der Waals surface area contributed by atoms with E-state index in [2.05, 4.69) is 20.6 Å². The Morgan fingerprint density at radius 1 is 1.15 bits per heavy atom. The number of rotatable bonds is 3. The molecule has 0 radical (unpaired) electrons. The molecule has 2 aromatic rings. The van der Waals surface area contributed by atoms with Gasteiger partial charge in [-0.25, -0.2) is 0 Å². The first-order valence-corrected chi connectivity index (χ1v) is 9.13. The van der Waals surface area contributed by atoms with Crippen LogP contribution >= 0.6 is 0 Å². The fourth-order valence-corrected chi connectivity index (χ4v) is 3.60. The minimum Gasteiger partial charge on any atom is -0.344 e. The highest BCUT2D eigenvalue weighted by Gasteiger charge is 2.22. The van der Waals surface area contributed by atoms with Crippen molar-refractivity contribution in [2.24, 2.45) is 0 Å². The van der Waals surface area contributed by atoms with E-state index < -0.39 is 0 Å². The summed E-state index contributed by atoms with van der Waals surface area (Å²) in [7, 11) is 0. The molecule has 2 aromatic heterocycles. The van der Waals surface area contributed by atoms with Crippen LogP contribution in [0, 0.1) is 0 Å². The van der Waals surface area contributed by atoms with E-state index in [9.17, 15) is 9.59 Å². The highest BCUT2D eigenvalue weighted by Crippen LogP contribution is 2.15. The standard InChI is InChI=1S/C17H23N7O2/c1-12(25)22-6-4-8-24-14(11-22)9-13(21-24)10-18-17(26)16-20-19-15-5-2-3-7-23(15)16/h9H,2-8,10-11H2,1H3,(H,18,26). The largest absolute Gasteiger partial charge is 0.344 e. The van der Waals surface area contributed by atoms with Gasteiger partial charge in [-0.1, -0.05) is 0 Å². The molecular formula is C17H23N7O2. The van der Waals surface area contributed by atoms with Crippen LogP contribution in [0.2, 0.25) is 0 Å². The van der Waals surface area contributed by atoms with Crippen molar-refractivity contribution < 1.29 is 9.59 Å². The van der Waals surface area contributed by atoms with Crippen LogP contribution in [0.3, 0.4) is 0 Å². The second-order valence-electron chi connectivity index (χ2n) is 6.88. The second kappa shape index (κ2) is 6.89. The summed E-state index contributed by atoms with van der Waals surface area (Å²) in [6.07, 6.45) is 3.90. The van der Waals surface area contributed by atoms with Gasteiger partial charge in [0.05, 0.1) is 24.5 Å². The van der Waals surface area contributed by atoms with Crippen LogP contribution in [-0.4, -0.2) is 47.8 Å². The summed E-state index contributed by atoms with van der Waals surface area (Å²) in [5.41, 5.74) is 1.79. The number of aryl methyl sites for hydroxylation is 2. The average Bonchev–Trinajstić information content (AvgIpc) is 3.18. The molecule has 2 amide bonds. The minimum absolute atomic E-state index is 0.0751. The molecule has 4 rings (SSSR count). The first kappa shape index (κ1) is 16.7. The van der Waals surface area contributed by atoms with Crippen molar-refractivity contribution in [3.8, 4) is 0 Å². The van der Waals surface area contributed by atoms with E-state index >= 15 is 0 Å². The van der Waals surface area contributed by atoms with Gasteiger partial charge < -0.3 is 14.8 Å². The third kappa shape index (κ3) is 3.21. The van der Waals surface area contributed by atoms with E-state index in [-0.39, 0.29) is 11.8 Å². The van der Waals surface area contributed by atoms with Gasteiger partial charge in [-0.2, -0.15) is 5.10 Å². The molecule has 138 valence electrons. The molecule has 0 saturated carbocycles. The quantitative estimate of drug-likeness (QED) is 0.862. The Kier molecular flexibility index (Phi) is 4.44. The molecule has 0 aromatic carbocycles. The zero-order chi connectivity index (χ0) is 18.1. The maximum Gasteiger partial charge on any atom is 0.289 e. The second-order valence-corrected chi connectivity index (χ2v) is 6.88. The molecule has 0 unspecified atom stereocenters. The Morgan fingerprint density at radius 2 is 2.04 bits per heavy atom. The first-order chi connectivity index (χ1) is 12.6. The molecule has 26 heavy (non-hydrogen) atoms. The van der Waals surface area contributed by atoms with Gasteiger partial charge in [0.1, 0.15) is 5.82 Å². The van der Waals surface area contributed by atoms with Gasteiger partial charge in [0.2, 0.25) is 11.7 Å². The van der Waals surface area contributed by atoms with Gasteiger partial charge in [-0.05, 0) is 25.3 Å². The third-order valence-electron chi connectivity index (χ3n) is 5.00. The van der Waals surface area contributed by atoms with E-state index in [4.69, 9.17) is 0 Å². The number of amides is 2. The SMILES string of the molecule is CC(=O)N1CCCn2nc(CNC(=O)c3nnc4n3CCCC4)cc2C1. The maximum absolute atomic E-state index is 12.5. The lowest BCUT2D eigenvalue weighted by atomic mass is 10.1. The van der Waals surface area contributed by atoms with Crippen molar-refractivity contribution in [2.75, 3.05) is 6.54 Å². The van der Waals surface area contributed by atoms with Gasteiger partial charge in [-0.15, -0.1) is 10.2 Å². The Balaban J connectivity index is 1.43. The van der Waals surface area contributed by atoms with Crippen molar-refractivity contribution in [3.63, 3.8) is 0 Å². The van der Waals surface area contributed by atoms with Gasteiger partial charge in [0.15, 0.2) is 0 Å². The van der Waals surface area contributed by atoms with Gasteiger partial charge >= 0.3 is 0 Å². The summed E-state index contributed by atoms with van der Waals surface area (Å²) >= 11 is 0. The van der Waals surface area contributed by atoms with Crippen LogP contribution in [0.5, 0.6) is 0 Å². The summed E-state index contributed by atoms with van der Waals surface area (Å²) < 4.78 is 3.84. The summed E-state index contributed by atoms with van der Waals surface area (Å²) in [4.78, 5) is 25.9. The summed E-state index contributed by atoms with van der Waals surface area (Å²) in [6.45, 7) is 4.82. The van der Waals surface area contributed by atoms with Gasteiger partial charge in [0.25, 0.3) is 5.91 Å². The van der Waals surface area contributed by atoms with Crippen LogP contribution in [0.25, 0.3) is 0 Å². The number of aromatic nitrogens is 5. The molecule has 0 saturated heterocycles. The van der Waals surface area contributed by atoms with Crippen molar-refractivity contribution in [2.45, 2.75) is 58.8 Å². The minimum atomic E-state index is -0.223. The Labute approximate surface area is 151 Å². The molecular weight excluding hydrogens is 334 g/mol. The predicted octanol–water partition coefficient (Wildman–Crippen LogP) is 0.493. The number of fused-ring (bicyclic) bond motifs is 2. The maximum atomic E-state index is 12.5.